The Hall–Kier alpha value is -1.87. The Balaban J connectivity index is 1.57. The number of aromatic nitrogens is 3. The van der Waals surface area contributed by atoms with Gasteiger partial charge >= 0.3 is 6.03 Å². The Morgan fingerprint density at radius 1 is 1.33 bits per heavy atom. The van der Waals surface area contributed by atoms with E-state index in [2.05, 4.69) is 20.8 Å². The summed E-state index contributed by atoms with van der Waals surface area (Å²) in [5, 5.41) is 16.1. The van der Waals surface area contributed by atoms with Crippen LogP contribution >= 0.6 is 23.1 Å². The average Bonchev–Trinajstić information content (AvgIpc) is 3.31. The zero-order valence-electron chi connectivity index (χ0n) is 15.6. The second-order valence-electron chi connectivity index (χ2n) is 6.59. The molecule has 1 aliphatic rings. The lowest BCUT2D eigenvalue weighted by Crippen LogP contribution is -2.47. The number of hydrogen-bond acceptors (Lipinski definition) is 6. The van der Waals surface area contributed by atoms with E-state index in [4.69, 9.17) is 0 Å². The summed E-state index contributed by atoms with van der Waals surface area (Å²) in [6, 6.07) is 3.74. The molecule has 0 spiro atoms. The molecule has 2 heterocycles. The van der Waals surface area contributed by atoms with Gasteiger partial charge in [0.05, 0.1) is 10.1 Å². The maximum Gasteiger partial charge on any atom is 0.321 e. The molecule has 1 aliphatic carbocycles. The van der Waals surface area contributed by atoms with Crippen LogP contribution in [0.15, 0.2) is 22.7 Å². The molecule has 2 N–H and O–H groups in total. The lowest BCUT2D eigenvalue weighted by Gasteiger charge is -2.23. The molecule has 1 atom stereocenters. The van der Waals surface area contributed by atoms with Crippen molar-refractivity contribution in [2.75, 3.05) is 0 Å². The Morgan fingerprint density at radius 3 is 2.78 bits per heavy atom. The van der Waals surface area contributed by atoms with Gasteiger partial charge in [0.15, 0.2) is 11.0 Å². The molecule has 2 aromatic heterocycles. The van der Waals surface area contributed by atoms with Crippen LogP contribution in [-0.4, -0.2) is 38.0 Å². The fourth-order valence-corrected chi connectivity index (χ4v) is 4.77. The third-order valence-electron chi connectivity index (χ3n) is 4.60. The highest BCUT2D eigenvalue weighted by Gasteiger charge is 2.23. The zero-order valence-corrected chi connectivity index (χ0v) is 17.2. The standard InChI is InChI=1S/C18H25N5O2S2/c1-3-23-15(14-10-7-11-26-14)21-22-18(23)27-12(2)16(24)20-17(25)19-13-8-5-4-6-9-13/h7,10-13H,3-6,8-9H2,1-2H3,(H2,19,20,24,25). The number of urea groups is 1. The summed E-state index contributed by atoms with van der Waals surface area (Å²) in [6.07, 6.45) is 5.45. The number of nitrogens with one attached hydrogen (secondary N) is 2. The highest BCUT2D eigenvalue weighted by molar-refractivity contribution is 8.00. The lowest BCUT2D eigenvalue weighted by molar-refractivity contribution is -0.119. The van der Waals surface area contributed by atoms with Crippen molar-refractivity contribution < 1.29 is 9.59 Å². The Morgan fingerprint density at radius 2 is 2.11 bits per heavy atom. The van der Waals surface area contributed by atoms with Crippen molar-refractivity contribution in [3.63, 3.8) is 0 Å². The molecule has 0 saturated heterocycles. The molecule has 0 aliphatic heterocycles. The van der Waals surface area contributed by atoms with Crippen molar-refractivity contribution in [3.8, 4) is 10.7 Å². The van der Waals surface area contributed by atoms with E-state index in [9.17, 15) is 9.59 Å². The quantitative estimate of drug-likeness (QED) is 0.713. The minimum absolute atomic E-state index is 0.172. The van der Waals surface area contributed by atoms with Crippen LogP contribution < -0.4 is 10.6 Å². The largest absolute Gasteiger partial charge is 0.335 e. The normalized spacial score (nSPS) is 16.1. The first-order chi connectivity index (χ1) is 13.1. The molecule has 27 heavy (non-hydrogen) atoms. The zero-order chi connectivity index (χ0) is 19.2. The van der Waals surface area contributed by atoms with Gasteiger partial charge in [-0.3, -0.25) is 10.1 Å². The number of thiophene rings is 1. The summed E-state index contributed by atoms with van der Waals surface area (Å²) < 4.78 is 1.99. The number of thioether (sulfide) groups is 1. The third kappa shape index (κ3) is 5.10. The molecule has 1 unspecified atom stereocenters. The SMILES string of the molecule is CCn1c(SC(C)C(=O)NC(=O)NC2CCCCC2)nnc1-c1cccs1. The van der Waals surface area contributed by atoms with Gasteiger partial charge in [-0.25, -0.2) is 4.79 Å². The molecule has 1 saturated carbocycles. The van der Waals surface area contributed by atoms with Crippen molar-refractivity contribution in [1.82, 2.24) is 25.4 Å². The number of nitrogens with zero attached hydrogens (tertiary/aromatic N) is 3. The van der Waals surface area contributed by atoms with E-state index in [1.54, 1.807) is 18.3 Å². The topological polar surface area (TPSA) is 88.9 Å². The minimum atomic E-state index is -0.451. The molecule has 3 rings (SSSR count). The summed E-state index contributed by atoms with van der Waals surface area (Å²) in [4.78, 5) is 25.5. The van der Waals surface area contributed by atoms with Gasteiger partial charge < -0.3 is 9.88 Å². The van der Waals surface area contributed by atoms with Gasteiger partial charge in [0.25, 0.3) is 0 Å². The fourth-order valence-electron chi connectivity index (χ4n) is 3.14. The Kier molecular flexibility index (Phi) is 6.89. The van der Waals surface area contributed by atoms with E-state index in [-0.39, 0.29) is 11.9 Å². The second kappa shape index (κ2) is 9.36. The van der Waals surface area contributed by atoms with Crippen LogP contribution in [0.2, 0.25) is 0 Å². The number of carbonyl (C=O) groups is 2. The van der Waals surface area contributed by atoms with Crippen LogP contribution in [-0.2, 0) is 11.3 Å². The van der Waals surface area contributed by atoms with Crippen molar-refractivity contribution in [2.45, 2.75) is 68.9 Å². The number of rotatable bonds is 6. The van der Waals surface area contributed by atoms with Crippen LogP contribution in [0.25, 0.3) is 10.7 Å². The number of hydrogen-bond donors (Lipinski definition) is 2. The molecule has 0 aromatic carbocycles. The van der Waals surface area contributed by atoms with Crippen molar-refractivity contribution in [1.29, 1.82) is 0 Å². The molecular formula is C18H25N5O2S2. The number of amides is 3. The van der Waals surface area contributed by atoms with E-state index >= 15 is 0 Å². The molecule has 0 radical (unpaired) electrons. The Labute approximate surface area is 167 Å². The molecule has 9 heteroatoms. The van der Waals surface area contributed by atoms with Gasteiger partial charge in [-0.05, 0) is 38.1 Å². The summed E-state index contributed by atoms with van der Waals surface area (Å²) in [7, 11) is 0. The summed E-state index contributed by atoms with van der Waals surface area (Å²) in [6.45, 7) is 4.50. The van der Waals surface area contributed by atoms with Gasteiger partial charge in [-0.15, -0.1) is 21.5 Å². The van der Waals surface area contributed by atoms with E-state index in [0.717, 1.165) is 36.4 Å². The van der Waals surface area contributed by atoms with Crippen LogP contribution in [0.3, 0.4) is 0 Å². The van der Waals surface area contributed by atoms with Crippen LogP contribution in [0, 0.1) is 0 Å². The predicted octanol–water partition coefficient (Wildman–Crippen LogP) is 3.67. The minimum Gasteiger partial charge on any atom is -0.335 e. The highest BCUT2D eigenvalue weighted by atomic mass is 32.2. The highest BCUT2D eigenvalue weighted by Crippen LogP contribution is 2.29. The maximum absolute atomic E-state index is 12.4. The smallest absolute Gasteiger partial charge is 0.321 e. The second-order valence-corrected chi connectivity index (χ2v) is 8.84. The van der Waals surface area contributed by atoms with E-state index < -0.39 is 11.3 Å². The third-order valence-corrected chi connectivity index (χ3v) is 6.55. The molecular weight excluding hydrogens is 382 g/mol. The van der Waals surface area contributed by atoms with Gasteiger partial charge in [-0.2, -0.15) is 0 Å². The molecule has 7 nitrogen and oxygen atoms in total. The van der Waals surface area contributed by atoms with Crippen LogP contribution in [0.4, 0.5) is 4.79 Å². The van der Waals surface area contributed by atoms with E-state index in [0.29, 0.717) is 11.7 Å². The maximum atomic E-state index is 12.4. The Bertz CT molecular complexity index is 769. The van der Waals surface area contributed by atoms with E-state index in [1.807, 2.05) is 29.0 Å². The molecule has 3 amide bonds. The van der Waals surface area contributed by atoms with Crippen LogP contribution in [0.5, 0.6) is 0 Å². The first-order valence-electron chi connectivity index (χ1n) is 9.33. The van der Waals surface area contributed by atoms with Gasteiger partial charge in [0.1, 0.15) is 0 Å². The monoisotopic (exact) mass is 407 g/mol. The molecule has 1 fully saturated rings. The van der Waals surface area contributed by atoms with Crippen LogP contribution in [0.1, 0.15) is 46.0 Å². The van der Waals surface area contributed by atoms with Gasteiger partial charge in [0, 0.05) is 12.6 Å². The van der Waals surface area contributed by atoms with Crippen molar-refractivity contribution in [2.24, 2.45) is 0 Å². The number of carbonyl (C=O) groups excluding carboxylic acids is 2. The average molecular weight is 408 g/mol. The summed E-state index contributed by atoms with van der Waals surface area (Å²) in [5.41, 5.74) is 0. The molecule has 0 bridgehead atoms. The lowest BCUT2D eigenvalue weighted by atomic mass is 9.96. The van der Waals surface area contributed by atoms with E-state index in [1.165, 1.54) is 18.2 Å². The number of imide groups is 1. The molecule has 2 aromatic rings. The summed E-state index contributed by atoms with van der Waals surface area (Å²) in [5.74, 6) is 0.481. The first kappa shape index (κ1) is 19.9. The van der Waals surface area contributed by atoms with Gasteiger partial charge in [0.2, 0.25) is 5.91 Å². The summed E-state index contributed by atoms with van der Waals surface area (Å²) >= 11 is 2.92. The van der Waals surface area contributed by atoms with Crippen molar-refractivity contribution >= 4 is 35.0 Å². The molecule has 146 valence electrons. The predicted molar refractivity (Wildman–Crippen MR) is 108 cm³/mol. The fraction of sp³-hybridized carbons (Fsp3) is 0.556. The van der Waals surface area contributed by atoms with Gasteiger partial charge in [-0.1, -0.05) is 37.1 Å². The van der Waals surface area contributed by atoms with Crippen molar-refractivity contribution in [3.05, 3.63) is 17.5 Å². The first-order valence-corrected chi connectivity index (χ1v) is 11.1.